The van der Waals surface area contributed by atoms with Crippen LogP contribution in [0, 0.1) is 0 Å². The van der Waals surface area contributed by atoms with Crippen LogP contribution in [0.1, 0.15) is 12.8 Å². The molecule has 1 N–H and O–H groups in total. The average Bonchev–Trinajstić information content (AvgIpc) is 2.40. The number of piperidine rings is 1. The number of likely N-dealkylation sites (N-methyl/N-ethyl adjacent to an activating group) is 1. The van der Waals surface area contributed by atoms with Crippen molar-refractivity contribution in [1.82, 2.24) is 15.1 Å². The number of nitrogens with zero attached hydrogens (tertiary/aromatic N) is 2. The van der Waals surface area contributed by atoms with Gasteiger partial charge in [0.2, 0.25) is 11.8 Å². The van der Waals surface area contributed by atoms with Crippen LogP contribution < -0.4 is 5.32 Å². The van der Waals surface area contributed by atoms with E-state index in [4.69, 9.17) is 4.74 Å². The summed E-state index contributed by atoms with van der Waals surface area (Å²) in [6, 6.07) is -0.200. The number of morpholine rings is 1. The van der Waals surface area contributed by atoms with Crippen molar-refractivity contribution in [3.8, 4) is 0 Å². The molecule has 2 rings (SSSR count). The molecule has 2 aliphatic heterocycles. The second-order valence-corrected chi connectivity index (χ2v) is 4.79. The van der Waals surface area contributed by atoms with Crippen LogP contribution >= 0.6 is 0 Å². The molecule has 18 heavy (non-hydrogen) atoms. The topological polar surface area (TPSA) is 61.9 Å². The molecule has 0 aromatic carbocycles. The number of ether oxygens (including phenoxy) is 1. The second kappa shape index (κ2) is 6.26. The quantitative estimate of drug-likeness (QED) is 0.657. The lowest BCUT2D eigenvalue weighted by atomic mass is 10.0. The van der Waals surface area contributed by atoms with Crippen LogP contribution in [-0.4, -0.2) is 74.1 Å². The van der Waals surface area contributed by atoms with Crippen molar-refractivity contribution >= 4 is 11.8 Å². The molecule has 2 fully saturated rings. The summed E-state index contributed by atoms with van der Waals surface area (Å²) in [5.74, 6) is -0.181. The normalized spacial score (nSPS) is 26.7. The van der Waals surface area contributed by atoms with E-state index in [0.717, 1.165) is 39.4 Å². The van der Waals surface area contributed by atoms with Gasteiger partial charge in [0.1, 0.15) is 0 Å². The number of amides is 2. The van der Waals surface area contributed by atoms with Crippen LogP contribution in [-0.2, 0) is 14.3 Å². The van der Waals surface area contributed by atoms with Crippen molar-refractivity contribution in [2.45, 2.75) is 18.9 Å². The number of carbonyl (C=O) groups is 2. The summed E-state index contributed by atoms with van der Waals surface area (Å²) in [5, 5.41) is 3.24. The summed E-state index contributed by atoms with van der Waals surface area (Å²) in [5.41, 5.74) is 0. The van der Waals surface area contributed by atoms with Gasteiger partial charge >= 0.3 is 0 Å². The molecule has 6 heteroatoms. The zero-order chi connectivity index (χ0) is 13.0. The molecule has 2 aliphatic rings. The number of carbonyl (C=O) groups excluding carboxylic acids is 2. The minimum Gasteiger partial charge on any atom is -0.379 e. The fourth-order valence-corrected chi connectivity index (χ4v) is 2.33. The molecule has 102 valence electrons. The van der Waals surface area contributed by atoms with Crippen LogP contribution in [0.15, 0.2) is 0 Å². The van der Waals surface area contributed by atoms with Gasteiger partial charge < -0.3 is 10.1 Å². The number of hydrogen-bond donors (Lipinski definition) is 1. The molecular formula is C12H21N3O3. The predicted molar refractivity (Wildman–Crippen MR) is 66.1 cm³/mol. The standard InChI is InChI=1S/C12H21N3O3/c1-14-11(16)3-2-10(12(14)17)13-4-5-15-6-8-18-9-7-15/h10,13H,2-9H2,1H3. The van der Waals surface area contributed by atoms with Crippen molar-refractivity contribution in [3.63, 3.8) is 0 Å². The van der Waals surface area contributed by atoms with E-state index in [9.17, 15) is 9.59 Å². The summed E-state index contributed by atoms with van der Waals surface area (Å²) in [6.07, 6.45) is 1.07. The highest BCUT2D eigenvalue weighted by Gasteiger charge is 2.31. The van der Waals surface area contributed by atoms with Crippen molar-refractivity contribution < 1.29 is 14.3 Å². The Kier molecular flexibility index (Phi) is 4.68. The Morgan fingerprint density at radius 3 is 2.78 bits per heavy atom. The van der Waals surface area contributed by atoms with Crippen molar-refractivity contribution in [1.29, 1.82) is 0 Å². The Morgan fingerprint density at radius 1 is 1.33 bits per heavy atom. The molecule has 0 radical (unpaired) electrons. The molecule has 0 bridgehead atoms. The van der Waals surface area contributed by atoms with E-state index in [1.165, 1.54) is 4.90 Å². The van der Waals surface area contributed by atoms with Gasteiger partial charge in [0, 0.05) is 39.6 Å². The van der Waals surface area contributed by atoms with Gasteiger partial charge in [-0.15, -0.1) is 0 Å². The van der Waals surface area contributed by atoms with Crippen LogP contribution in [0.4, 0.5) is 0 Å². The lowest BCUT2D eigenvalue weighted by molar-refractivity contribution is -0.148. The Balaban J connectivity index is 1.69. The largest absolute Gasteiger partial charge is 0.379 e. The van der Waals surface area contributed by atoms with E-state index in [1.807, 2.05) is 0 Å². The molecule has 0 aliphatic carbocycles. The van der Waals surface area contributed by atoms with E-state index in [0.29, 0.717) is 12.8 Å². The minimum atomic E-state index is -0.200. The smallest absolute Gasteiger partial charge is 0.246 e. The van der Waals surface area contributed by atoms with Crippen molar-refractivity contribution in [2.24, 2.45) is 0 Å². The van der Waals surface area contributed by atoms with Crippen molar-refractivity contribution in [3.05, 3.63) is 0 Å². The summed E-state index contributed by atoms with van der Waals surface area (Å²) >= 11 is 0. The van der Waals surface area contributed by atoms with E-state index < -0.39 is 0 Å². The SMILES string of the molecule is CN1C(=O)CCC(NCCN2CCOCC2)C1=O. The number of hydrogen-bond acceptors (Lipinski definition) is 5. The maximum absolute atomic E-state index is 11.8. The molecule has 0 aromatic rings. The van der Waals surface area contributed by atoms with Crippen LogP contribution in [0.3, 0.4) is 0 Å². The molecule has 0 spiro atoms. The maximum Gasteiger partial charge on any atom is 0.246 e. The first kappa shape index (κ1) is 13.5. The van der Waals surface area contributed by atoms with Gasteiger partial charge in [0.15, 0.2) is 0 Å². The first-order chi connectivity index (χ1) is 8.68. The monoisotopic (exact) mass is 255 g/mol. The lowest BCUT2D eigenvalue weighted by Gasteiger charge is -2.30. The Labute approximate surface area is 107 Å². The molecule has 1 atom stereocenters. The Hall–Kier alpha value is -0.980. The maximum atomic E-state index is 11.8. The van der Waals surface area contributed by atoms with Crippen LogP contribution in [0.2, 0.25) is 0 Å². The summed E-state index contributed by atoms with van der Waals surface area (Å²) < 4.78 is 5.28. The third kappa shape index (κ3) is 3.28. The van der Waals surface area contributed by atoms with E-state index in [1.54, 1.807) is 7.05 Å². The molecule has 2 saturated heterocycles. The zero-order valence-electron chi connectivity index (χ0n) is 10.9. The molecule has 2 heterocycles. The number of nitrogens with one attached hydrogen (secondary N) is 1. The van der Waals surface area contributed by atoms with Gasteiger partial charge in [-0.1, -0.05) is 0 Å². The highest BCUT2D eigenvalue weighted by atomic mass is 16.5. The first-order valence-corrected chi connectivity index (χ1v) is 6.52. The molecule has 0 saturated carbocycles. The van der Waals surface area contributed by atoms with E-state index in [2.05, 4.69) is 10.2 Å². The van der Waals surface area contributed by atoms with Gasteiger partial charge in [-0.25, -0.2) is 0 Å². The number of likely N-dealkylation sites (tertiary alicyclic amines) is 1. The van der Waals surface area contributed by atoms with Gasteiger partial charge in [-0.2, -0.15) is 0 Å². The van der Waals surface area contributed by atoms with Gasteiger partial charge in [0.25, 0.3) is 0 Å². The fourth-order valence-electron chi connectivity index (χ4n) is 2.33. The summed E-state index contributed by atoms with van der Waals surface area (Å²) in [7, 11) is 1.56. The van der Waals surface area contributed by atoms with Gasteiger partial charge in [-0.3, -0.25) is 19.4 Å². The Bertz CT molecular complexity index is 316. The highest BCUT2D eigenvalue weighted by Crippen LogP contribution is 2.11. The molecule has 1 unspecified atom stereocenters. The van der Waals surface area contributed by atoms with Crippen molar-refractivity contribution in [2.75, 3.05) is 46.4 Å². The van der Waals surface area contributed by atoms with Crippen LogP contribution in [0.5, 0.6) is 0 Å². The summed E-state index contributed by atoms with van der Waals surface area (Å²) in [6.45, 7) is 5.19. The molecule has 0 aromatic heterocycles. The van der Waals surface area contributed by atoms with Crippen LogP contribution in [0.25, 0.3) is 0 Å². The van der Waals surface area contributed by atoms with Gasteiger partial charge in [-0.05, 0) is 6.42 Å². The number of imide groups is 1. The average molecular weight is 255 g/mol. The summed E-state index contributed by atoms with van der Waals surface area (Å²) in [4.78, 5) is 26.7. The molecule has 6 nitrogen and oxygen atoms in total. The molecule has 2 amide bonds. The van der Waals surface area contributed by atoms with E-state index >= 15 is 0 Å². The zero-order valence-corrected chi connectivity index (χ0v) is 10.9. The Morgan fingerprint density at radius 2 is 2.06 bits per heavy atom. The second-order valence-electron chi connectivity index (χ2n) is 4.79. The first-order valence-electron chi connectivity index (χ1n) is 6.52. The van der Waals surface area contributed by atoms with Gasteiger partial charge in [0.05, 0.1) is 19.3 Å². The highest BCUT2D eigenvalue weighted by molar-refractivity contribution is 6.00. The fraction of sp³-hybridized carbons (Fsp3) is 0.833. The predicted octanol–water partition coefficient (Wildman–Crippen LogP) is -0.944. The lowest BCUT2D eigenvalue weighted by Crippen LogP contribution is -2.53. The van der Waals surface area contributed by atoms with E-state index in [-0.39, 0.29) is 17.9 Å². The minimum absolute atomic E-state index is 0.0776. The third-order valence-corrected chi connectivity index (χ3v) is 3.57. The molecular weight excluding hydrogens is 234 g/mol. The number of rotatable bonds is 4. The third-order valence-electron chi connectivity index (χ3n) is 3.57.